The van der Waals surface area contributed by atoms with E-state index in [2.05, 4.69) is 47.6 Å². The number of hydrogen-bond acceptors (Lipinski definition) is 3. The Morgan fingerprint density at radius 2 is 2.06 bits per heavy atom. The van der Waals surface area contributed by atoms with Gasteiger partial charge in [-0.25, -0.2) is 4.98 Å². The van der Waals surface area contributed by atoms with Crippen molar-refractivity contribution in [1.82, 2.24) is 10.3 Å². The predicted octanol–water partition coefficient (Wildman–Crippen LogP) is 3.60. The van der Waals surface area contributed by atoms with Crippen LogP contribution < -0.4 is 5.32 Å². The Kier molecular flexibility index (Phi) is 4.29. The monoisotopic (exact) mass is 246 g/mol. The molecule has 0 aliphatic rings. The fourth-order valence-corrected chi connectivity index (χ4v) is 2.78. The summed E-state index contributed by atoms with van der Waals surface area (Å²) in [5, 5.41) is 6.56. The summed E-state index contributed by atoms with van der Waals surface area (Å²) in [6.45, 7) is 2.27. The van der Waals surface area contributed by atoms with E-state index in [1.54, 1.807) is 11.3 Å². The highest BCUT2D eigenvalue weighted by molar-refractivity contribution is 7.09. The van der Waals surface area contributed by atoms with Gasteiger partial charge in [0.2, 0.25) is 0 Å². The van der Waals surface area contributed by atoms with E-state index in [0.717, 1.165) is 6.42 Å². The molecule has 2 nitrogen and oxygen atoms in total. The molecule has 0 spiro atoms. The second-order valence-corrected chi connectivity index (χ2v) is 5.19. The summed E-state index contributed by atoms with van der Waals surface area (Å²) in [6, 6.07) is 11.0. The summed E-state index contributed by atoms with van der Waals surface area (Å²) >= 11 is 1.72. The standard InChI is InChI=1S/C14H18N2S/c1-11(12-6-4-3-5-7-12)10-13(15-2)14-16-8-9-17-14/h3-9,11,13,15H,10H2,1-2H3. The Morgan fingerprint density at radius 3 is 2.65 bits per heavy atom. The third-order valence-electron chi connectivity index (χ3n) is 3.06. The molecule has 17 heavy (non-hydrogen) atoms. The third-order valence-corrected chi connectivity index (χ3v) is 3.95. The molecule has 0 bridgehead atoms. The topological polar surface area (TPSA) is 24.9 Å². The van der Waals surface area contributed by atoms with Crippen LogP contribution in [0.5, 0.6) is 0 Å². The summed E-state index contributed by atoms with van der Waals surface area (Å²) in [4.78, 5) is 4.39. The van der Waals surface area contributed by atoms with Crippen molar-refractivity contribution < 1.29 is 0 Å². The zero-order valence-corrected chi connectivity index (χ0v) is 11.1. The number of thiazole rings is 1. The maximum Gasteiger partial charge on any atom is 0.109 e. The van der Waals surface area contributed by atoms with Crippen LogP contribution in [0.15, 0.2) is 41.9 Å². The van der Waals surface area contributed by atoms with E-state index >= 15 is 0 Å². The minimum Gasteiger partial charge on any atom is -0.311 e. The Bertz CT molecular complexity index is 425. The van der Waals surface area contributed by atoms with Gasteiger partial charge >= 0.3 is 0 Å². The number of benzene rings is 1. The van der Waals surface area contributed by atoms with E-state index in [4.69, 9.17) is 0 Å². The van der Waals surface area contributed by atoms with Gasteiger partial charge < -0.3 is 5.32 Å². The smallest absolute Gasteiger partial charge is 0.109 e. The molecular weight excluding hydrogens is 228 g/mol. The first-order chi connectivity index (χ1) is 8.31. The fourth-order valence-electron chi connectivity index (χ4n) is 2.02. The molecule has 1 N–H and O–H groups in total. The van der Waals surface area contributed by atoms with Crippen molar-refractivity contribution >= 4 is 11.3 Å². The normalized spacial score (nSPS) is 14.5. The zero-order valence-electron chi connectivity index (χ0n) is 10.3. The van der Waals surface area contributed by atoms with Gasteiger partial charge in [0.25, 0.3) is 0 Å². The summed E-state index contributed by atoms with van der Waals surface area (Å²) in [7, 11) is 2.00. The van der Waals surface area contributed by atoms with Crippen molar-refractivity contribution in [2.75, 3.05) is 7.05 Å². The number of aromatic nitrogens is 1. The Labute approximate surface area is 107 Å². The van der Waals surface area contributed by atoms with Crippen molar-refractivity contribution in [3.05, 3.63) is 52.5 Å². The van der Waals surface area contributed by atoms with Crippen LogP contribution in [0.1, 0.15) is 35.9 Å². The third kappa shape index (κ3) is 3.14. The van der Waals surface area contributed by atoms with Gasteiger partial charge in [-0.3, -0.25) is 0 Å². The number of nitrogens with zero attached hydrogens (tertiary/aromatic N) is 1. The molecule has 3 heteroatoms. The summed E-state index contributed by atoms with van der Waals surface area (Å²) in [6.07, 6.45) is 2.95. The van der Waals surface area contributed by atoms with Gasteiger partial charge in [-0.2, -0.15) is 0 Å². The maximum absolute atomic E-state index is 4.39. The average molecular weight is 246 g/mol. The molecule has 1 heterocycles. The maximum atomic E-state index is 4.39. The predicted molar refractivity (Wildman–Crippen MR) is 73.4 cm³/mol. The van der Waals surface area contributed by atoms with Gasteiger partial charge in [-0.05, 0) is 24.9 Å². The molecule has 2 rings (SSSR count). The lowest BCUT2D eigenvalue weighted by Gasteiger charge is -2.19. The van der Waals surface area contributed by atoms with Crippen LogP contribution in [0.25, 0.3) is 0 Å². The molecule has 1 aromatic carbocycles. The van der Waals surface area contributed by atoms with E-state index in [1.807, 2.05) is 18.6 Å². The zero-order chi connectivity index (χ0) is 12.1. The van der Waals surface area contributed by atoms with Gasteiger partial charge in [-0.1, -0.05) is 37.3 Å². The lowest BCUT2D eigenvalue weighted by molar-refractivity contribution is 0.500. The molecule has 90 valence electrons. The Morgan fingerprint density at radius 1 is 1.29 bits per heavy atom. The van der Waals surface area contributed by atoms with Gasteiger partial charge in [0.05, 0.1) is 6.04 Å². The van der Waals surface area contributed by atoms with E-state index < -0.39 is 0 Å². The Balaban J connectivity index is 2.05. The highest BCUT2D eigenvalue weighted by atomic mass is 32.1. The van der Waals surface area contributed by atoms with Crippen molar-refractivity contribution in [2.45, 2.75) is 25.3 Å². The number of hydrogen-bond donors (Lipinski definition) is 1. The van der Waals surface area contributed by atoms with Crippen LogP contribution in [-0.2, 0) is 0 Å². The van der Waals surface area contributed by atoms with Gasteiger partial charge in [0.1, 0.15) is 5.01 Å². The van der Waals surface area contributed by atoms with Crippen LogP contribution in [0.3, 0.4) is 0 Å². The summed E-state index contributed by atoms with van der Waals surface area (Å²) in [5.41, 5.74) is 1.39. The molecule has 2 unspecified atom stereocenters. The average Bonchev–Trinajstić information content (AvgIpc) is 2.90. The molecule has 0 saturated carbocycles. The lowest BCUT2D eigenvalue weighted by atomic mass is 9.94. The molecular formula is C14H18N2S. The van der Waals surface area contributed by atoms with Gasteiger partial charge in [0.15, 0.2) is 0 Å². The first kappa shape index (κ1) is 12.3. The molecule has 0 saturated heterocycles. The fraction of sp³-hybridized carbons (Fsp3) is 0.357. The molecule has 0 radical (unpaired) electrons. The number of rotatable bonds is 5. The van der Waals surface area contributed by atoms with E-state index in [-0.39, 0.29) is 0 Å². The van der Waals surface area contributed by atoms with Crippen LogP contribution in [-0.4, -0.2) is 12.0 Å². The second kappa shape index (κ2) is 5.94. The van der Waals surface area contributed by atoms with Crippen LogP contribution >= 0.6 is 11.3 Å². The SMILES string of the molecule is CNC(CC(C)c1ccccc1)c1nccs1. The summed E-state index contributed by atoms with van der Waals surface area (Å²) in [5.74, 6) is 0.539. The highest BCUT2D eigenvalue weighted by Crippen LogP contribution is 2.28. The summed E-state index contributed by atoms with van der Waals surface area (Å²) < 4.78 is 0. The van der Waals surface area contributed by atoms with Gasteiger partial charge in [-0.15, -0.1) is 11.3 Å². The molecule has 2 atom stereocenters. The first-order valence-corrected chi connectivity index (χ1v) is 6.81. The van der Waals surface area contributed by atoms with Crippen LogP contribution in [0, 0.1) is 0 Å². The second-order valence-electron chi connectivity index (χ2n) is 4.26. The van der Waals surface area contributed by atoms with Crippen LogP contribution in [0.2, 0.25) is 0 Å². The minimum absolute atomic E-state index is 0.352. The van der Waals surface area contributed by atoms with E-state index in [1.165, 1.54) is 10.6 Å². The minimum atomic E-state index is 0.352. The van der Waals surface area contributed by atoms with Crippen molar-refractivity contribution in [2.24, 2.45) is 0 Å². The largest absolute Gasteiger partial charge is 0.311 e. The lowest BCUT2D eigenvalue weighted by Crippen LogP contribution is -2.18. The molecule has 0 aliphatic carbocycles. The molecule has 0 amide bonds. The molecule has 0 fully saturated rings. The quantitative estimate of drug-likeness (QED) is 0.872. The number of nitrogens with one attached hydrogen (secondary N) is 1. The molecule has 0 aliphatic heterocycles. The van der Waals surface area contributed by atoms with Crippen molar-refractivity contribution in [1.29, 1.82) is 0 Å². The van der Waals surface area contributed by atoms with Gasteiger partial charge in [0, 0.05) is 11.6 Å². The van der Waals surface area contributed by atoms with E-state index in [0.29, 0.717) is 12.0 Å². The Hall–Kier alpha value is -1.19. The molecule has 1 aromatic heterocycles. The van der Waals surface area contributed by atoms with Crippen molar-refractivity contribution in [3.8, 4) is 0 Å². The molecule has 2 aromatic rings. The van der Waals surface area contributed by atoms with Crippen molar-refractivity contribution in [3.63, 3.8) is 0 Å². The van der Waals surface area contributed by atoms with E-state index in [9.17, 15) is 0 Å². The van der Waals surface area contributed by atoms with Crippen LogP contribution in [0.4, 0.5) is 0 Å². The first-order valence-electron chi connectivity index (χ1n) is 5.93. The highest BCUT2D eigenvalue weighted by Gasteiger charge is 2.16.